The van der Waals surface area contributed by atoms with E-state index in [1.54, 1.807) is 6.92 Å². The Morgan fingerprint density at radius 3 is 2.76 bits per heavy atom. The molecule has 0 aliphatic rings. The van der Waals surface area contributed by atoms with Crippen LogP contribution in [0.2, 0.25) is 0 Å². The van der Waals surface area contributed by atoms with E-state index in [4.69, 9.17) is 5.11 Å². The number of carbonyl (C=O) groups is 1. The van der Waals surface area contributed by atoms with E-state index >= 15 is 0 Å². The number of halogens is 1. The van der Waals surface area contributed by atoms with E-state index in [1.165, 1.54) is 11.3 Å². The monoisotopic (exact) mass is 310 g/mol. The molecule has 110 valence electrons. The summed E-state index contributed by atoms with van der Waals surface area (Å²) >= 11 is 1.46. The lowest BCUT2D eigenvalue weighted by Gasteiger charge is -2.14. The summed E-state index contributed by atoms with van der Waals surface area (Å²) in [7, 11) is 0. The van der Waals surface area contributed by atoms with Crippen molar-refractivity contribution >= 4 is 28.7 Å². The molecule has 2 aromatic rings. The third-order valence-corrected chi connectivity index (χ3v) is 3.91. The van der Waals surface area contributed by atoms with Gasteiger partial charge in [-0.3, -0.25) is 10.1 Å². The van der Waals surface area contributed by atoms with Crippen molar-refractivity contribution in [1.29, 1.82) is 0 Å². The highest BCUT2D eigenvalue weighted by Crippen LogP contribution is 2.32. The van der Waals surface area contributed by atoms with Gasteiger partial charge in [-0.1, -0.05) is 6.07 Å². The Kier molecular flexibility index (Phi) is 4.18. The molecule has 0 fully saturated rings. The summed E-state index contributed by atoms with van der Waals surface area (Å²) in [6, 6.07) is 4.97. The molecule has 0 aliphatic heterocycles. The molecule has 0 bridgehead atoms. The van der Waals surface area contributed by atoms with Crippen molar-refractivity contribution < 1.29 is 19.2 Å². The molecular formula is C13H11FN2O4S. The van der Waals surface area contributed by atoms with Crippen molar-refractivity contribution in [1.82, 2.24) is 0 Å². The van der Waals surface area contributed by atoms with Crippen LogP contribution >= 0.6 is 11.3 Å². The first kappa shape index (κ1) is 14.9. The van der Waals surface area contributed by atoms with E-state index in [1.807, 2.05) is 17.5 Å². The van der Waals surface area contributed by atoms with E-state index in [0.29, 0.717) is 6.07 Å². The van der Waals surface area contributed by atoms with Crippen molar-refractivity contribution in [3.63, 3.8) is 0 Å². The highest BCUT2D eigenvalue weighted by atomic mass is 32.1. The lowest BCUT2D eigenvalue weighted by atomic mass is 10.1. The number of nitrogens with zero attached hydrogens (tertiary/aromatic N) is 1. The molecule has 1 aromatic carbocycles. The maximum absolute atomic E-state index is 13.5. The zero-order chi connectivity index (χ0) is 15.6. The van der Waals surface area contributed by atoms with Gasteiger partial charge in [0.2, 0.25) is 0 Å². The van der Waals surface area contributed by atoms with Crippen LogP contribution in [0, 0.1) is 15.9 Å². The Hall–Kier alpha value is -2.48. The second kappa shape index (κ2) is 5.88. The molecule has 1 aromatic heterocycles. The van der Waals surface area contributed by atoms with Crippen molar-refractivity contribution in [3.05, 3.63) is 56.0 Å². The van der Waals surface area contributed by atoms with Crippen LogP contribution in [0.3, 0.4) is 0 Å². The molecule has 1 heterocycles. The van der Waals surface area contributed by atoms with Crippen molar-refractivity contribution in [3.8, 4) is 0 Å². The number of nitro groups is 1. The molecule has 2 rings (SSSR count). The maximum Gasteiger partial charge on any atom is 0.338 e. The SMILES string of the molecule is CC(Nc1cc(C(=O)O)c(F)cc1[N+](=O)[O-])c1cccs1. The fourth-order valence-corrected chi connectivity index (χ4v) is 2.57. The number of carboxylic acids is 1. The number of rotatable bonds is 5. The molecule has 0 saturated heterocycles. The minimum absolute atomic E-state index is 0.0281. The van der Waals surface area contributed by atoms with E-state index in [2.05, 4.69) is 5.32 Å². The highest BCUT2D eigenvalue weighted by Gasteiger charge is 2.23. The van der Waals surface area contributed by atoms with Gasteiger partial charge in [-0.15, -0.1) is 11.3 Å². The van der Waals surface area contributed by atoms with Gasteiger partial charge in [0.05, 0.1) is 22.6 Å². The Morgan fingerprint density at radius 2 is 2.24 bits per heavy atom. The summed E-state index contributed by atoms with van der Waals surface area (Å²) in [5, 5.41) is 24.6. The summed E-state index contributed by atoms with van der Waals surface area (Å²) in [4.78, 5) is 22.1. The second-order valence-electron chi connectivity index (χ2n) is 4.29. The largest absolute Gasteiger partial charge is 0.478 e. The van der Waals surface area contributed by atoms with Gasteiger partial charge in [0.1, 0.15) is 11.5 Å². The van der Waals surface area contributed by atoms with Gasteiger partial charge in [-0.25, -0.2) is 9.18 Å². The molecule has 0 amide bonds. The fourth-order valence-electron chi connectivity index (χ4n) is 1.84. The molecule has 0 saturated carbocycles. The van der Waals surface area contributed by atoms with Crippen LogP contribution in [-0.2, 0) is 0 Å². The van der Waals surface area contributed by atoms with Crippen molar-refractivity contribution in [2.75, 3.05) is 5.32 Å². The number of nitrogens with one attached hydrogen (secondary N) is 1. The van der Waals surface area contributed by atoms with Gasteiger partial charge in [-0.05, 0) is 24.4 Å². The Balaban J connectivity index is 2.42. The van der Waals surface area contributed by atoms with Gasteiger partial charge in [0, 0.05) is 4.88 Å². The van der Waals surface area contributed by atoms with E-state index in [-0.39, 0.29) is 11.7 Å². The number of benzene rings is 1. The molecule has 0 spiro atoms. The third kappa shape index (κ3) is 3.16. The minimum atomic E-state index is -1.48. The molecule has 21 heavy (non-hydrogen) atoms. The van der Waals surface area contributed by atoms with Gasteiger partial charge < -0.3 is 10.4 Å². The smallest absolute Gasteiger partial charge is 0.338 e. The predicted octanol–water partition coefficient (Wildman–Crippen LogP) is 3.67. The lowest BCUT2D eigenvalue weighted by Crippen LogP contribution is -2.10. The van der Waals surface area contributed by atoms with E-state index in [9.17, 15) is 19.3 Å². The molecular weight excluding hydrogens is 299 g/mol. The maximum atomic E-state index is 13.5. The van der Waals surface area contributed by atoms with Crippen molar-refractivity contribution in [2.24, 2.45) is 0 Å². The number of hydrogen-bond acceptors (Lipinski definition) is 5. The van der Waals surface area contributed by atoms with Gasteiger partial charge in [-0.2, -0.15) is 0 Å². The normalized spacial score (nSPS) is 11.9. The molecule has 1 atom stereocenters. The second-order valence-corrected chi connectivity index (χ2v) is 5.27. The van der Waals surface area contributed by atoms with Crippen LogP contribution in [0.25, 0.3) is 0 Å². The van der Waals surface area contributed by atoms with Crippen LogP contribution in [0.1, 0.15) is 28.2 Å². The molecule has 0 radical (unpaired) electrons. The number of thiophene rings is 1. The number of hydrogen-bond donors (Lipinski definition) is 2. The van der Waals surface area contributed by atoms with Crippen LogP contribution in [0.15, 0.2) is 29.6 Å². The zero-order valence-electron chi connectivity index (χ0n) is 10.9. The number of aromatic carboxylic acids is 1. The zero-order valence-corrected chi connectivity index (χ0v) is 11.7. The molecule has 1 unspecified atom stereocenters. The average molecular weight is 310 g/mol. The summed E-state index contributed by atoms with van der Waals surface area (Å²) in [5.41, 5.74) is -1.14. The van der Waals surface area contributed by atoms with Gasteiger partial charge in [0.15, 0.2) is 0 Å². The van der Waals surface area contributed by atoms with Gasteiger partial charge >= 0.3 is 5.97 Å². The first-order chi connectivity index (χ1) is 9.90. The standard InChI is InChI=1S/C13H11FN2O4S/c1-7(12-3-2-4-21-12)15-10-5-8(13(17)18)9(14)6-11(10)16(19)20/h2-7,15H,1H3,(H,17,18). The summed E-state index contributed by atoms with van der Waals surface area (Å²) < 4.78 is 13.5. The first-order valence-electron chi connectivity index (χ1n) is 5.91. The topological polar surface area (TPSA) is 92.5 Å². The molecule has 6 nitrogen and oxygen atoms in total. The Bertz CT molecular complexity index is 688. The first-order valence-corrected chi connectivity index (χ1v) is 6.79. The number of carboxylic acid groups (broad SMARTS) is 1. The van der Waals surface area contributed by atoms with Crippen LogP contribution in [0.4, 0.5) is 15.8 Å². The Labute approximate surface area is 123 Å². The average Bonchev–Trinajstić information content (AvgIpc) is 2.93. The molecule has 8 heteroatoms. The van der Waals surface area contributed by atoms with Crippen LogP contribution in [-0.4, -0.2) is 16.0 Å². The Morgan fingerprint density at radius 1 is 1.52 bits per heavy atom. The van der Waals surface area contributed by atoms with E-state index in [0.717, 1.165) is 10.9 Å². The number of nitro benzene ring substituents is 1. The number of anilines is 1. The van der Waals surface area contributed by atoms with E-state index < -0.39 is 28.0 Å². The minimum Gasteiger partial charge on any atom is -0.478 e. The van der Waals surface area contributed by atoms with Crippen LogP contribution in [0.5, 0.6) is 0 Å². The third-order valence-electron chi connectivity index (χ3n) is 2.85. The lowest BCUT2D eigenvalue weighted by molar-refractivity contribution is -0.384. The molecule has 2 N–H and O–H groups in total. The molecule has 0 aliphatic carbocycles. The van der Waals surface area contributed by atoms with Crippen molar-refractivity contribution in [2.45, 2.75) is 13.0 Å². The van der Waals surface area contributed by atoms with Gasteiger partial charge in [0.25, 0.3) is 5.69 Å². The summed E-state index contributed by atoms with van der Waals surface area (Å²) in [6.07, 6.45) is 0. The summed E-state index contributed by atoms with van der Waals surface area (Å²) in [5.74, 6) is -2.61. The summed E-state index contributed by atoms with van der Waals surface area (Å²) in [6.45, 7) is 1.78. The quantitative estimate of drug-likeness (QED) is 0.649. The predicted molar refractivity (Wildman–Crippen MR) is 76.4 cm³/mol. The highest BCUT2D eigenvalue weighted by molar-refractivity contribution is 7.10. The van der Waals surface area contributed by atoms with Crippen LogP contribution < -0.4 is 5.32 Å². The fraction of sp³-hybridized carbons (Fsp3) is 0.154.